The molecule has 1 aromatic carbocycles. The smallest absolute Gasteiger partial charge is 0.408 e. The summed E-state index contributed by atoms with van der Waals surface area (Å²) in [6.45, 7) is 11.2. The van der Waals surface area contributed by atoms with E-state index in [-0.39, 0.29) is 12.3 Å². The zero-order valence-corrected chi connectivity index (χ0v) is 18.1. The van der Waals surface area contributed by atoms with Crippen LogP contribution >= 0.6 is 0 Å². The Labute approximate surface area is 172 Å². The molecule has 0 saturated heterocycles. The number of alkyl carbamates (subject to hydrolysis) is 1. The number of nitrogens with one attached hydrogen (secondary N) is 1. The number of nitrogens with zero attached hydrogens (tertiary/aromatic N) is 1. The third kappa shape index (κ3) is 6.21. The second-order valence-electron chi connectivity index (χ2n) is 9.64. The van der Waals surface area contributed by atoms with Crippen LogP contribution in [0.2, 0.25) is 0 Å². The van der Waals surface area contributed by atoms with Crippen molar-refractivity contribution in [1.82, 2.24) is 10.2 Å². The van der Waals surface area contributed by atoms with Crippen LogP contribution in [-0.4, -0.2) is 45.7 Å². The Morgan fingerprint density at radius 1 is 1.14 bits per heavy atom. The van der Waals surface area contributed by atoms with Gasteiger partial charge in [-0.1, -0.05) is 45.0 Å². The number of aliphatic carboxylic acids is 1. The molecular weight excluding hydrogens is 372 g/mol. The summed E-state index contributed by atoms with van der Waals surface area (Å²) in [6, 6.07) is 6.40. The lowest BCUT2D eigenvalue weighted by atomic mass is 9.84. The topological polar surface area (TPSA) is 95.9 Å². The quantitative estimate of drug-likeness (QED) is 0.802. The number of carboxylic acids is 1. The van der Waals surface area contributed by atoms with Crippen molar-refractivity contribution in [2.24, 2.45) is 5.41 Å². The maximum atomic E-state index is 13.5. The lowest BCUT2D eigenvalue weighted by Gasteiger charge is -2.41. The maximum Gasteiger partial charge on any atom is 0.408 e. The fraction of sp³-hybridized carbons (Fsp3) is 0.591. The van der Waals surface area contributed by atoms with E-state index in [4.69, 9.17) is 4.74 Å². The first-order chi connectivity index (χ1) is 13.3. The normalized spacial score (nSPS) is 17.9. The lowest BCUT2D eigenvalue weighted by molar-refractivity contribution is -0.144. The lowest BCUT2D eigenvalue weighted by Crippen LogP contribution is -2.58. The van der Waals surface area contributed by atoms with Crippen molar-refractivity contribution in [3.63, 3.8) is 0 Å². The van der Waals surface area contributed by atoms with Crippen LogP contribution in [0.15, 0.2) is 24.3 Å². The third-order valence-corrected chi connectivity index (χ3v) is 4.82. The number of carbonyl (C=O) groups excluding carboxylic acids is 2. The molecule has 0 radical (unpaired) electrons. The molecule has 0 unspecified atom stereocenters. The molecule has 2 N–H and O–H groups in total. The van der Waals surface area contributed by atoms with Gasteiger partial charge in [-0.15, -0.1) is 0 Å². The average molecular weight is 405 g/mol. The second kappa shape index (κ2) is 8.43. The number of hydrogen-bond acceptors (Lipinski definition) is 4. The van der Waals surface area contributed by atoms with Crippen LogP contribution in [0.5, 0.6) is 0 Å². The Balaban J connectivity index is 2.31. The standard InChI is InChI=1S/C22H32N2O5/c1-21(2,3)18(23-20(28)29-22(4,5)6)19(27)24-13-15-10-8-7-9-14(15)11-16(24)12-17(25)26/h7-10,16,18H,11-13H2,1-6H3,(H,23,28)(H,25,26)/t16-,18-/m1/s1. The van der Waals surface area contributed by atoms with E-state index >= 15 is 0 Å². The van der Waals surface area contributed by atoms with Crippen LogP contribution in [0.3, 0.4) is 0 Å². The van der Waals surface area contributed by atoms with Crippen LogP contribution in [0.25, 0.3) is 0 Å². The summed E-state index contributed by atoms with van der Waals surface area (Å²) in [6.07, 6.45) is -0.348. The van der Waals surface area contributed by atoms with Crippen molar-refractivity contribution in [1.29, 1.82) is 0 Å². The molecular formula is C22H32N2O5. The Bertz CT molecular complexity index is 776. The van der Waals surface area contributed by atoms with E-state index in [0.717, 1.165) is 11.1 Å². The Morgan fingerprint density at radius 3 is 2.24 bits per heavy atom. The van der Waals surface area contributed by atoms with E-state index in [2.05, 4.69) is 5.32 Å². The Kier molecular flexibility index (Phi) is 6.60. The van der Waals surface area contributed by atoms with Crippen molar-refractivity contribution < 1.29 is 24.2 Å². The van der Waals surface area contributed by atoms with Gasteiger partial charge in [-0.25, -0.2) is 4.79 Å². The van der Waals surface area contributed by atoms with Gasteiger partial charge in [0, 0.05) is 12.6 Å². The number of hydrogen-bond donors (Lipinski definition) is 2. The molecule has 0 spiro atoms. The second-order valence-corrected chi connectivity index (χ2v) is 9.64. The fourth-order valence-electron chi connectivity index (χ4n) is 3.47. The summed E-state index contributed by atoms with van der Waals surface area (Å²) in [4.78, 5) is 38.9. The van der Waals surface area contributed by atoms with Gasteiger partial charge in [-0.05, 0) is 43.7 Å². The van der Waals surface area contributed by atoms with Crippen molar-refractivity contribution >= 4 is 18.0 Å². The summed E-state index contributed by atoms with van der Waals surface area (Å²) < 4.78 is 5.33. The van der Waals surface area contributed by atoms with Gasteiger partial charge in [0.25, 0.3) is 0 Å². The number of fused-ring (bicyclic) bond motifs is 1. The van der Waals surface area contributed by atoms with Crippen LogP contribution in [0.1, 0.15) is 59.1 Å². The largest absolute Gasteiger partial charge is 0.481 e. The van der Waals surface area contributed by atoms with Crippen molar-refractivity contribution in [2.45, 2.75) is 78.6 Å². The molecule has 1 aliphatic rings. The zero-order chi connectivity index (χ0) is 22.0. The summed E-state index contributed by atoms with van der Waals surface area (Å²) >= 11 is 0. The molecule has 0 bridgehead atoms. The highest BCUT2D eigenvalue weighted by molar-refractivity contribution is 5.87. The summed E-state index contributed by atoms with van der Waals surface area (Å²) in [5.74, 6) is -1.26. The molecule has 1 aliphatic heterocycles. The van der Waals surface area contributed by atoms with Crippen molar-refractivity contribution in [3.05, 3.63) is 35.4 Å². The number of benzene rings is 1. The van der Waals surface area contributed by atoms with Gasteiger partial charge in [-0.3, -0.25) is 9.59 Å². The Hall–Kier alpha value is -2.57. The minimum absolute atomic E-state index is 0.149. The molecule has 1 heterocycles. The van der Waals surface area contributed by atoms with E-state index < -0.39 is 35.2 Å². The van der Waals surface area contributed by atoms with Crippen molar-refractivity contribution in [2.75, 3.05) is 0 Å². The number of ether oxygens (including phenoxy) is 1. The molecule has 7 nitrogen and oxygen atoms in total. The highest BCUT2D eigenvalue weighted by atomic mass is 16.6. The molecule has 0 aliphatic carbocycles. The van der Waals surface area contributed by atoms with Gasteiger partial charge in [0.2, 0.25) is 5.91 Å². The van der Waals surface area contributed by atoms with Crippen molar-refractivity contribution in [3.8, 4) is 0 Å². The van der Waals surface area contributed by atoms with E-state index in [0.29, 0.717) is 13.0 Å². The third-order valence-electron chi connectivity index (χ3n) is 4.82. The molecule has 160 valence electrons. The van der Waals surface area contributed by atoms with E-state index in [1.54, 1.807) is 25.7 Å². The maximum absolute atomic E-state index is 13.5. The highest BCUT2D eigenvalue weighted by Gasteiger charge is 2.40. The number of amides is 2. The highest BCUT2D eigenvalue weighted by Crippen LogP contribution is 2.29. The van der Waals surface area contributed by atoms with Gasteiger partial charge < -0.3 is 20.1 Å². The minimum Gasteiger partial charge on any atom is -0.481 e. The van der Waals surface area contributed by atoms with Gasteiger partial charge >= 0.3 is 12.1 Å². The van der Waals surface area contributed by atoms with Crippen LogP contribution < -0.4 is 5.32 Å². The number of carbonyl (C=O) groups is 3. The molecule has 0 fully saturated rings. The molecule has 2 rings (SSSR count). The first kappa shape index (κ1) is 22.7. The molecule has 29 heavy (non-hydrogen) atoms. The van der Waals surface area contributed by atoms with E-state index in [9.17, 15) is 19.5 Å². The molecule has 0 saturated carbocycles. The predicted octanol–water partition coefficient (Wildman–Crippen LogP) is 3.35. The average Bonchev–Trinajstić information content (AvgIpc) is 2.55. The summed E-state index contributed by atoms with van der Waals surface area (Å²) in [7, 11) is 0. The molecule has 2 amide bonds. The number of rotatable bonds is 4. The minimum atomic E-state index is -0.959. The zero-order valence-electron chi connectivity index (χ0n) is 18.1. The number of carboxylic acid groups (broad SMARTS) is 1. The van der Waals surface area contributed by atoms with Gasteiger partial charge in [-0.2, -0.15) is 0 Å². The first-order valence-corrected chi connectivity index (χ1v) is 9.86. The first-order valence-electron chi connectivity index (χ1n) is 9.86. The SMILES string of the molecule is CC(C)(C)OC(=O)N[C@H](C(=O)N1Cc2ccccc2C[C@@H]1CC(=O)O)C(C)(C)C. The Morgan fingerprint density at radius 2 is 1.72 bits per heavy atom. The molecule has 2 atom stereocenters. The fourth-order valence-corrected chi connectivity index (χ4v) is 3.47. The molecule has 0 aromatic heterocycles. The van der Waals surface area contributed by atoms with Gasteiger partial charge in [0.15, 0.2) is 0 Å². The van der Waals surface area contributed by atoms with Gasteiger partial charge in [0.05, 0.1) is 6.42 Å². The van der Waals surface area contributed by atoms with Gasteiger partial charge in [0.1, 0.15) is 11.6 Å². The predicted molar refractivity (Wildman–Crippen MR) is 109 cm³/mol. The summed E-state index contributed by atoms with van der Waals surface area (Å²) in [5, 5.41) is 12.1. The van der Waals surface area contributed by atoms with Crippen LogP contribution in [-0.2, 0) is 27.3 Å². The monoisotopic (exact) mass is 404 g/mol. The van der Waals surface area contributed by atoms with Crippen LogP contribution in [0, 0.1) is 5.41 Å². The molecule has 1 aromatic rings. The summed E-state index contributed by atoms with van der Waals surface area (Å²) in [5.41, 5.74) is 0.770. The molecule has 7 heteroatoms. The van der Waals surface area contributed by atoms with E-state index in [1.165, 1.54) is 0 Å². The van der Waals surface area contributed by atoms with Crippen LogP contribution in [0.4, 0.5) is 4.79 Å². The van der Waals surface area contributed by atoms with E-state index in [1.807, 2.05) is 45.0 Å².